The fourth-order valence-corrected chi connectivity index (χ4v) is 2.71. The van der Waals surface area contributed by atoms with Gasteiger partial charge in [0.1, 0.15) is 0 Å². The monoisotopic (exact) mass is 273 g/mol. The Morgan fingerprint density at radius 2 is 1.94 bits per heavy atom. The Bertz CT molecular complexity index is 441. The van der Waals surface area contributed by atoms with E-state index in [1.54, 1.807) is 17.0 Å². The molecule has 1 saturated heterocycles. The lowest BCUT2D eigenvalue weighted by molar-refractivity contribution is -0.117. The first-order chi connectivity index (χ1) is 8.02. The highest BCUT2D eigenvalue weighted by molar-refractivity contribution is 6.40. The number of halogens is 2. The Kier molecular flexibility index (Phi) is 3.47. The summed E-state index contributed by atoms with van der Waals surface area (Å²) in [5.74, 6) is 0.154. The summed E-state index contributed by atoms with van der Waals surface area (Å²) >= 11 is 12.2. The topological polar surface area (TPSA) is 72.4 Å². The molecule has 0 saturated carbocycles. The van der Waals surface area contributed by atoms with Gasteiger partial charge in [0.05, 0.1) is 15.7 Å². The van der Waals surface area contributed by atoms with Crippen LogP contribution in [0.1, 0.15) is 6.42 Å². The van der Waals surface area contributed by atoms with Gasteiger partial charge in [-0.3, -0.25) is 4.79 Å². The average Bonchev–Trinajstić information content (AvgIpc) is 2.59. The maximum atomic E-state index is 11.9. The molecular weight excluding hydrogens is 261 g/mol. The SMILES string of the molecule is NCC1CC(=O)N(c2c(Cl)cc(N)cc2Cl)C1. The van der Waals surface area contributed by atoms with Gasteiger partial charge < -0.3 is 16.4 Å². The van der Waals surface area contributed by atoms with Crippen LogP contribution in [0.5, 0.6) is 0 Å². The average molecular weight is 274 g/mol. The van der Waals surface area contributed by atoms with E-state index in [0.717, 1.165) is 0 Å². The van der Waals surface area contributed by atoms with Crippen LogP contribution in [0.3, 0.4) is 0 Å². The summed E-state index contributed by atoms with van der Waals surface area (Å²) in [5, 5.41) is 0.780. The normalized spacial score (nSPS) is 20.1. The molecule has 1 aliphatic heterocycles. The summed E-state index contributed by atoms with van der Waals surface area (Å²) in [5.41, 5.74) is 12.2. The number of benzene rings is 1. The molecule has 4 nitrogen and oxygen atoms in total. The number of amides is 1. The Morgan fingerprint density at radius 1 is 1.35 bits per heavy atom. The van der Waals surface area contributed by atoms with Crippen LogP contribution >= 0.6 is 23.2 Å². The van der Waals surface area contributed by atoms with Crippen LogP contribution in [0, 0.1) is 5.92 Å². The Hall–Kier alpha value is -0.970. The molecule has 0 spiro atoms. The number of hydrogen-bond donors (Lipinski definition) is 2. The number of carbonyl (C=O) groups is 1. The van der Waals surface area contributed by atoms with Gasteiger partial charge in [0, 0.05) is 18.7 Å². The van der Waals surface area contributed by atoms with E-state index in [2.05, 4.69) is 0 Å². The number of nitrogens with zero attached hydrogens (tertiary/aromatic N) is 1. The van der Waals surface area contributed by atoms with Crippen LogP contribution < -0.4 is 16.4 Å². The highest BCUT2D eigenvalue weighted by atomic mass is 35.5. The largest absolute Gasteiger partial charge is 0.399 e. The summed E-state index contributed by atoms with van der Waals surface area (Å²) in [6.45, 7) is 1.03. The van der Waals surface area contributed by atoms with Crippen LogP contribution in [0.15, 0.2) is 12.1 Å². The van der Waals surface area contributed by atoms with E-state index in [1.165, 1.54) is 0 Å². The van der Waals surface area contributed by atoms with Crippen molar-refractivity contribution in [2.24, 2.45) is 11.7 Å². The van der Waals surface area contributed by atoms with E-state index in [4.69, 9.17) is 34.7 Å². The van der Waals surface area contributed by atoms with Crippen LogP contribution in [0.4, 0.5) is 11.4 Å². The first-order valence-electron chi connectivity index (χ1n) is 5.28. The second-order valence-corrected chi connectivity index (χ2v) is 4.96. The molecule has 1 aliphatic rings. The van der Waals surface area contributed by atoms with Crippen LogP contribution in [-0.4, -0.2) is 19.0 Å². The highest BCUT2D eigenvalue weighted by Gasteiger charge is 2.32. The van der Waals surface area contributed by atoms with Gasteiger partial charge in [0.25, 0.3) is 0 Å². The number of carbonyl (C=O) groups excluding carboxylic acids is 1. The molecule has 1 amide bonds. The molecule has 1 heterocycles. The van der Waals surface area contributed by atoms with E-state index in [9.17, 15) is 4.79 Å². The van der Waals surface area contributed by atoms with Gasteiger partial charge in [-0.1, -0.05) is 23.2 Å². The molecule has 6 heteroatoms. The minimum Gasteiger partial charge on any atom is -0.399 e. The highest BCUT2D eigenvalue weighted by Crippen LogP contribution is 2.38. The molecule has 1 aromatic carbocycles. The van der Waals surface area contributed by atoms with Crippen molar-refractivity contribution >= 4 is 40.5 Å². The van der Waals surface area contributed by atoms with Crippen molar-refractivity contribution in [1.82, 2.24) is 0 Å². The molecule has 4 N–H and O–H groups in total. The number of nitrogen functional groups attached to an aromatic ring is 1. The summed E-state index contributed by atoms with van der Waals surface area (Å²) in [4.78, 5) is 13.4. The van der Waals surface area contributed by atoms with Gasteiger partial charge >= 0.3 is 0 Å². The van der Waals surface area contributed by atoms with Crippen molar-refractivity contribution in [1.29, 1.82) is 0 Å². The second kappa shape index (κ2) is 4.72. The van der Waals surface area contributed by atoms with Crippen molar-refractivity contribution in [2.75, 3.05) is 23.7 Å². The smallest absolute Gasteiger partial charge is 0.227 e. The molecule has 0 aromatic heterocycles. The summed E-state index contributed by atoms with van der Waals surface area (Å²) < 4.78 is 0. The molecule has 1 fully saturated rings. The predicted molar refractivity (Wildman–Crippen MR) is 70.4 cm³/mol. The Labute approximate surface area is 109 Å². The zero-order valence-corrected chi connectivity index (χ0v) is 10.6. The van der Waals surface area contributed by atoms with Gasteiger partial charge in [-0.2, -0.15) is 0 Å². The number of anilines is 2. The maximum Gasteiger partial charge on any atom is 0.227 e. The van der Waals surface area contributed by atoms with E-state index < -0.39 is 0 Å². The minimum absolute atomic E-state index is 0.00554. The lowest BCUT2D eigenvalue weighted by Gasteiger charge is -2.20. The predicted octanol–water partition coefficient (Wildman–Crippen LogP) is 1.89. The summed E-state index contributed by atoms with van der Waals surface area (Å²) in [6.07, 6.45) is 0.438. The Balaban J connectivity index is 2.38. The van der Waals surface area contributed by atoms with E-state index >= 15 is 0 Å². The molecular formula is C11H13Cl2N3O. The number of nitrogens with two attached hydrogens (primary N) is 2. The molecule has 2 rings (SSSR count). The lowest BCUT2D eigenvalue weighted by atomic mass is 10.1. The first-order valence-corrected chi connectivity index (χ1v) is 6.03. The van der Waals surface area contributed by atoms with Crippen LogP contribution in [-0.2, 0) is 4.79 Å². The number of rotatable bonds is 2. The standard InChI is InChI=1S/C11H13Cl2N3O/c12-8-2-7(15)3-9(13)11(8)16-5-6(4-14)1-10(16)17/h2-3,6H,1,4-5,14-15H2. The molecule has 0 bridgehead atoms. The molecule has 1 atom stereocenters. The fraction of sp³-hybridized carbons (Fsp3) is 0.364. The first kappa shape index (κ1) is 12.5. The van der Waals surface area contributed by atoms with Gasteiger partial charge in [-0.05, 0) is 24.6 Å². The Morgan fingerprint density at radius 3 is 2.41 bits per heavy atom. The molecule has 0 aliphatic carbocycles. The third-order valence-electron chi connectivity index (χ3n) is 2.85. The lowest BCUT2D eigenvalue weighted by Crippen LogP contribution is -2.26. The zero-order valence-electron chi connectivity index (χ0n) is 9.12. The molecule has 1 unspecified atom stereocenters. The van der Waals surface area contributed by atoms with Gasteiger partial charge in [0.2, 0.25) is 5.91 Å². The molecule has 17 heavy (non-hydrogen) atoms. The fourth-order valence-electron chi connectivity index (χ4n) is 2.00. The zero-order chi connectivity index (χ0) is 12.6. The van der Waals surface area contributed by atoms with E-state index in [1.807, 2.05) is 0 Å². The van der Waals surface area contributed by atoms with Crippen molar-refractivity contribution in [3.05, 3.63) is 22.2 Å². The van der Waals surface area contributed by atoms with Crippen molar-refractivity contribution in [2.45, 2.75) is 6.42 Å². The van der Waals surface area contributed by atoms with E-state index in [-0.39, 0.29) is 11.8 Å². The van der Waals surface area contributed by atoms with Gasteiger partial charge in [-0.25, -0.2) is 0 Å². The van der Waals surface area contributed by atoms with Crippen LogP contribution in [0.25, 0.3) is 0 Å². The van der Waals surface area contributed by atoms with Gasteiger partial charge in [0.15, 0.2) is 0 Å². The van der Waals surface area contributed by atoms with Crippen molar-refractivity contribution < 1.29 is 4.79 Å². The van der Waals surface area contributed by atoms with Gasteiger partial charge in [-0.15, -0.1) is 0 Å². The summed E-state index contributed by atoms with van der Waals surface area (Å²) in [6, 6.07) is 3.18. The minimum atomic E-state index is -0.00554. The van der Waals surface area contributed by atoms with Crippen molar-refractivity contribution in [3.63, 3.8) is 0 Å². The third kappa shape index (κ3) is 2.34. The number of hydrogen-bond acceptors (Lipinski definition) is 3. The quantitative estimate of drug-likeness (QED) is 0.809. The van der Waals surface area contributed by atoms with Crippen molar-refractivity contribution in [3.8, 4) is 0 Å². The van der Waals surface area contributed by atoms with E-state index in [0.29, 0.717) is 40.9 Å². The second-order valence-electron chi connectivity index (χ2n) is 4.14. The molecule has 1 aromatic rings. The summed E-state index contributed by atoms with van der Waals surface area (Å²) in [7, 11) is 0. The third-order valence-corrected chi connectivity index (χ3v) is 3.42. The van der Waals surface area contributed by atoms with Crippen LogP contribution in [0.2, 0.25) is 10.0 Å². The molecule has 0 radical (unpaired) electrons. The maximum absolute atomic E-state index is 11.9. The molecule has 92 valence electrons.